The van der Waals surface area contributed by atoms with Gasteiger partial charge in [-0.1, -0.05) is 41.0 Å². The molecule has 2 heterocycles. The molecule has 1 atom stereocenters. The van der Waals surface area contributed by atoms with Crippen LogP contribution in [0.15, 0.2) is 23.4 Å². The molecular formula is C15H17Cl2N3O2S2. The lowest BCUT2D eigenvalue weighted by molar-refractivity contribution is 0.552. The maximum absolute atomic E-state index is 11.6. The highest BCUT2D eigenvalue weighted by Gasteiger charge is 2.29. The van der Waals surface area contributed by atoms with Gasteiger partial charge in [-0.15, -0.1) is 10.2 Å². The van der Waals surface area contributed by atoms with E-state index in [9.17, 15) is 8.42 Å². The Hall–Kier alpha value is -0.760. The van der Waals surface area contributed by atoms with Gasteiger partial charge in [0.15, 0.2) is 15.0 Å². The summed E-state index contributed by atoms with van der Waals surface area (Å²) in [7, 11) is -0.971. The highest BCUT2D eigenvalue weighted by molar-refractivity contribution is 7.98. The molecule has 1 aliphatic rings. The van der Waals surface area contributed by atoms with Crippen molar-refractivity contribution in [1.82, 2.24) is 14.8 Å². The van der Waals surface area contributed by atoms with Crippen molar-refractivity contribution in [2.75, 3.05) is 11.5 Å². The number of sulfone groups is 1. The fraction of sp³-hybridized carbons (Fsp3) is 0.467. The molecule has 0 spiro atoms. The van der Waals surface area contributed by atoms with Crippen molar-refractivity contribution >= 4 is 44.8 Å². The molecule has 24 heavy (non-hydrogen) atoms. The lowest BCUT2D eigenvalue weighted by Crippen LogP contribution is -2.11. The Morgan fingerprint density at radius 2 is 2.00 bits per heavy atom. The third-order valence-corrected chi connectivity index (χ3v) is 7.72. The molecule has 9 heteroatoms. The van der Waals surface area contributed by atoms with Crippen LogP contribution < -0.4 is 0 Å². The molecular weight excluding hydrogens is 389 g/mol. The average Bonchev–Trinajstić information content (AvgIpc) is 3.03. The van der Waals surface area contributed by atoms with Gasteiger partial charge in [-0.2, -0.15) is 0 Å². The monoisotopic (exact) mass is 405 g/mol. The van der Waals surface area contributed by atoms with E-state index < -0.39 is 9.84 Å². The van der Waals surface area contributed by atoms with Crippen LogP contribution in [0.3, 0.4) is 0 Å². The van der Waals surface area contributed by atoms with Crippen LogP contribution in [-0.2, 0) is 29.1 Å². The Kier molecular flexibility index (Phi) is 5.44. The average molecular weight is 406 g/mol. The molecule has 1 aliphatic heterocycles. The number of hydrogen-bond donors (Lipinski definition) is 0. The molecule has 5 nitrogen and oxygen atoms in total. The second-order valence-corrected chi connectivity index (χ2v) is 9.91. The summed E-state index contributed by atoms with van der Waals surface area (Å²) in [6, 6.07) is 5.44. The van der Waals surface area contributed by atoms with Gasteiger partial charge < -0.3 is 4.57 Å². The summed E-state index contributed by atoms with van der Waals surface area (Å²) in [5.41, 5.74) is 0.872. The van der Waals surface area contributed by atoms with Crippen molar-refractivity contribution < 1.29 is 8.42 Å². The van der Waals surface area contributed by atoms with Gasteiger partial charge in [-0.25, -0.2) is 8.42 Å². The Labute approximate surface area is 155 Å². The first-order valence-corrected chi connectivity index (χ1v) is 11.1. The van der Waals surface area contributed by atoms with Crippen LogP contribution in [0.2, 0.25) is 10.0 Å². The van der Waals surface area contributed by atoms with Gasteiger partial charge in [0, 0.05) is 29.3 Å². The van der Waals surface area contributed by atoms with E-state index in [0.29, 0.717) is 28.6 Å². The standard InChI is InChI=1S/C15H17Cl2N3O2S2/c1-20-14(7-10-5-6-24(21,22)9-10)18-19-15(20)23-8-11-12(16)3-2-4-13(11)17/h2-4,10H,5-9H2,1H3/t10-/m1/s1. The second-order valence-electron chi connectivity index (χ2n) is 5.92. The topological polar surface area (TPSA) is 64.8 Å². The van der Waals surface area contributed by atoms with Crippen molar-refractivity contribution in [3.8, 4) is 0 Å². The Bertz CT molecular complexity index is 832. The summed E-state index contributed by atoms with van der Waals surface area (Å²) >= 11 is 13.9. The van der Waals surface area contributed by atoms with E-state index in [2.05, 4.69) is 10.2 Å². The Morgan fingerprint density at radius 3 is 2.62 bits per heavy atom. The van der Waals surface area contributed by atoms with Crippen molar-refractivity contribution in [3.63, 3.8) is 0 Å². The van der Waals surface area contributed by atoms with Crippen LogP contribution in [0.25, 0.3) is 0 Å². The van der Waals surface area contributed by atoms with Gasteiger partial charge in [-0.05, 0) is 30.0 Å². The molecule has 3 rings (SSSR count). The normalized spacial score (nSPS) is 19.7. The van der Waals surface area contributed by atoms with Crippen LogP contribution in [0.1, 0.15) is 17.8 Å². The second kappa shape index (κ2) is 7.23. The van der Waals surface area contributed by atoms with Crippen LogP contribution >= 0.6 is 35.0 Å². The molecule has 0 N–H and O–H groups in total. The van der Waals surface area contributed by atoms with Crippen molar-refractivity contribution in [2.24, 2.45) is 13.0 Å². The molecule has 0 unspecified atom stereocenters. The van der Waals surface area contributed by atoms with E-state index >= 15 is 0 Å². The number of rotatable bonds is 5. The Balaban J connectivity index is 1.67. The zero-order valence-corrected chi connectivity index (χ0v) is 16.2. The third-order valence-electron chi connectivity index (χ3n) is 4.13. The van der Waals surface area contributed by atoms with Crippen LogP contribution in [0.5, 0.6) is 0 Å². The molecule has 1 aromatic carbocycles. The van der Waals surface area contributed by atoms with Crippen molar-refractivity contribution in [1.29, 1.82) is 0 Å². The molecule has 1 saturated heterocycles. The molecule has 0 amide bonds. The number of aromatic nitrogens is 3. The lowest BCUT2D eigenvalue weighted by atomic mass is 10.1. The maximum atomic E-state index is 11.6. The van der Waals surface area contributed by atoms with Gasteiger partial charge in [0.2, 0.25) is 0 Å². The molecule has 0 radical (unpaired) electrons. The molecule has 130 valence electrons. The van der Waals surface area contributed by atoms with Gasteiger partial charge in [-0.3, -0.25) is 0 Å². The molecule has 0 bridgehead atoms. The number of halogens is 2. The van der Waals surface area contributed by atoms with Crippen LogP contribution in [-0.4, -0.2) is 34.7 Å². The van der Waals surface area contributed by atoms with E-state index in [-0.39, 0.29) is 17.4 Å². The number of benzene rings is 1. The van der Waals surface area contributed by atoms with E-state index in [1.54, 1.807) is 0 Å². The minimum Gasteiger partial charge on any atom is -0.309 e. The summed E-state index contributed by atoms with van der Waals surface area (Å²) in [6.45, 7) is 0. The van der Waals surface area contributed by atoms with Crippen molar-refractivity contribution in [2.45, 2.75) is 23.8 Å². The summed E-state index contributed by atoms with van der Waals surface area (Å²) in [5, 5.41) is 10.5. The summed E-state index contributed by atoms with van der Waals surface area (Å²) in [6.07, 6.45) is 1.34. The quantitative estimate of drug-likeness (QED) is 0.713. The zero-order chi connectivity index (χ0) is 17.3. The van der Waals surface area contributed by atoms with Gasteiger partial charge >= 0.3 is 0 Å². The zero-order valence-electron chi connectivity index (χ0n) is 13.1. The molecule has 1 aromatic heterocycles. The summed E-state index contributed by atoms with van der Waals surface area (Å²) in [4.78, 5) is 0. The Morgan fingerprint density at radius 1 is 1.29 bits per heavy atom. The van der Waals surface area contributed by atoms with Gasteiger partial charge in [0.1, 0.15) is 5.82 Å². The molecule has 0 aliphatic carbocycles. The fourth-order valence-corrected chi connectivity index (χ4v) is 6.28. The molecule has 1 fully saturated rings. The van der Waals surface area contributed by atoms with Crippen LogP contribution in [0.4, 0.5) is 0 Å². The van der Waals surface area contributed by atoms with Crippen LogP contribution in [0, 0.1) is 5.92 Å². The van der Waals surface area contributed by atoms with E-state index in [0.717, 1.165) is 16.5 Å². The molecule has 2 aromatic rings. The summed E-state index contributed by atoms with van der Waals surface area (Å²) in [5.74, 6) is 2.07. The minimum absolute atomic E-state index is 0.133. The van der Waals surface area contributed by atoms with E-state index in [1.165, 1.54) is 11.8 Å². The SMILES string of the molecule is Cn1c(C[C@H]2CCS(=O)(=O)C2)nnc1SCc1c(Cl)cccc1Cl. The largest absolute Gasteiger partial charge is 0.309 e. The predicted octanol–water partition coefficient (Wildman–Crippen LogP) is 3.39. The highest BCUT2D eigenvalue weighted by atomic mass is 35.5. The lowest BCUT2D eigenvalue weighted by Gasteiger charge is -2.08. The first-order valence-electron chi connectivity index (χ1n) is 7.50. The number of nitrogens with zero attached hydrogens (tertiary/aromatic N) is 3. The smallest absolute Gasteiger partial charge is 0.191 e. The van der Waals surface area contributed by atoms with E-state index in [1.807, 2.05) is 29.8 Å². The molecule has 0 saturated carbocycles. The summed E-state index contributed by atoms with van der Waals surface area (Å²) < 4.78 is 25.1. The highest BCUT2D eigenvalue weighted by Crippen LogP contribution is 2.31. The minimum atomic E-state index is -2.87. The van der Waals surface area contributed by atoms with Gasteiger partial charge in [0.05, 0.1) is 11.5 Å². The first kappa shape index (κ1) is 18.0. The first-order chi connectivity index (χ1) is 11.4. The number of hydrogen-bond acceptors (Lipinski definition) is 5. The van der Waals surface area contributed by atoms with Gasteiger partial charge in [0.25, 0.3) is 0 Å². The third kappa shape index (κ3) is 4.07. The fourth-order valence-electron chi connectivity index (χ4n) is 2.75. The van der Waals surface area contributed by atoms with Crippen molar-refractivity contribution in [3.05, 3.63) is 39.6 Å². The maximum Gasteiger partial charge on any atom is 0.191 e. The predicted molar refractivity (Wildman–Crippen MR) is 97.5 cm³/mol. The van der Waals surface area contributed by atoms with E-state index in [4.69, 9.17) is 23.2 Å². The number of thioether (sulfide) groups is 1.